The summed E-state index contributed by atoms with van der Waals surface area (Å²) in [5.41, 5.74) is 0. The molecule has 3 heteroatoms. The zero-order valence-corrected chi connectivity index (χ0v) is 12.0. The highest BCUT2D eigenvalue weighted by molar-refractivity contribution is 9.10. The number of halogens is 1. The fourth-order valence-electron chi connectivity index (χ4n) is 2.60. The monoisotopic (exact) mass is 296 g/mol. The van der Waals surface area contributed by atoms with E-state index in [4.69, 9.17) is 0 Å². The minimum atomic E-state index is 0.826. The molecule has 94 valence electrons. The van der Waals surface area contributed by atoms with E-state index in [1.165, 1.54) is 32.1 Å². The van der Waals surface area contributed by atoms with E-state index in [0.717, 1.165) is 28.7 Å². The maximum atomic E-state index is 4.34. The van der Waals surface area contributed by atoms with Crippen LogP contribution >= 0.6 is 15.9 Å². The average molecular weight is 297 g/mol. The van der Waals surface area contributed by atoms with Crippen molar-refractivity contribution in [3.8, 4) is 0 Å². The van der Waals surface area contributed by atoms with Crippen LogP contribution in [0.3, 0.4) is 0 Å². The van der Waals surface area contributed by atoms with Crippen molar-refractivity contribution in [2.24, 2.45) is 11.8 Å². The van der Waals surface area contributed by atoms with Gasteiger partial charge in [0.25, 0.3) is 0 Å². The fraction of sp³-hybridized carbons (Fsp3) is 0.643. The molecule has 0 bridgehead atoms. The van der Waals surface area contributed by atoms with Crippen molar-refractivity contribution in [1.29, 1.82) is 0 Å². The molecule has 0 radical (unpaired) electrons. The molecule has 1 N–H and O–H groups in total. The molecule has 1 aromatic rings. The minimum Gasteiger partial charge on any atom is -0.369 e. The molecule has 1 aliphatic rings. The first-order valence-electron chi connectivity index (χ1n) is 6.64. The van der Waals surface area contributed by atoms with Gasteiger partial charge in [0, 0.05) is 12.7 Å². The highest BCUT2D eigenvalue weighted by Crippen LogP contribution is 2.31. The summed E-state index contributed by atoms with van der Waals surface area (Å²) in [7, 11) is 0. The zero-order valence-electron chi connectivity index (χ0n) is 10.5. The Bertz CT molecular complexity index is 346. The smallest absolute Gasteiger partial charge is 0.140 e. The number of rotatable bonds is 4. The second-order valence-corrected chi connectivity index (χ2v) is 5.86. The predicted molar refractivity (Wildman–Crippen MR) is 76.2 cm³/mol. The van der Waals surface area contributed by atoms with Gasteiger partial charge in [-0.1, -0.05) is 26.2 Å². The second kappa shape index (κ2) is 6.39. The van der Waals surface area contributed by atoms with E-state index in [1.54, 1.807) is 0 Å². The largest absolute Gasteiger partial charge is 0.369 e. The first-order chi connectivity index (χ1) is 8.29. The molecule has 1 saturated carbocycles. The van der Waals surface area contributed by atoms with Crippen molar-refractivity contribution in [2.75, 3.05) is 11.9 Å². The van der Waals surface area contributed by atoms with Crippen LogP contribution in [0.4, 0.5) is 5.82 Å². The second-order valence-electron chi connectivity index (χ2n) is 5.01. The maximum Gasteiger partial charge on any atom is 0.140 e. The molecule has 17 heavy (non-hydrogen) atoms. The SMILES string of the molecule is CCC1CCC(CNc2ncccc2Br)CC1. The van der Waals surface area contributed by atoms with Crippen LogP contribution in [-0.2, 0) is 0 Å². The Labute approximate surface area is 112 Å². The molecule has 2 rings (SSSR count). The van der Waals surface area contributed by atoms with Gasteiger partial charge in [-0.05, 0) is 52.7 Å². The first-order valence-corrected chi connectivity index (χ1v) is 7.43. The standard InChI is InChI=1S/C14H21BrN2/c1-2-11-5-7-12(8-6-11)10-17-14-13(15)4-3-9-16-14/h3-4,9,11-12H,2,5-8,10H2,1H3,(H,16,17). The lowest BCUT2D eigenvalue weighted by Crippen LogP contribution is -2.21. The molecular formula is C14H21BrN2. The summed E-state index contributed by atoms with van der Waals surface area (Å²) in [5.74, 6) is 2.78. The first kappa shape index (κ1) is 12.9. The molecule has 1 aromatic heterocycles. The molecule has 0 unspecified atom stereocenters. The summed E-state index contributed by atoms with van der Waals surface area (Å²) >= 11 is 3.52. The highest BCUT2D eigenvalue weighted by Gasteiger charge is 2.19. The predicted octanol–water partition coefficient (Wildman–Crippen LogP) is 4.47. The molecule has 1 aliphatic carbocycles. The number of nitrogens with one attached hydrogen (secondary N) is 1. The lowest BCUT2D eigenvalue weighted by molar-refractivity contribution is 0.278. The van der Waals surface area contributed by atoms with Gasteiger partial charge in [0.15, 0.2) is 0 Å². The van der Waals surface area contributed by atoms with Gasteiger partial charge < -0.3 is 5.32 Å². The molecule has 0 spiro atoms. The van der Waals surface area contributed by atoms with Gasteiger partial charge in [-0.2, -0.15) is 0 Å². The Balaban J connectivity index is 1.78. The van der Waals surface area contributed by atoms with Gasteiger partial charge in [-0.25, -0.2) is 4.98 Å². The molecule has 1 fully saturated rings. The van der Waals surface area contributed by atoms with E-state index in [2.05, 4.69) is 33.2 Å². The average Bonchev–Trinajstić information content (AvgIpc) is 2.38. The summed E-state index contributed by atoms with van der Waals surface area (Å²) in [6, 6.07) is 3.98. The lowest BCUT2D eigenvalue weighted by Gasteiger charge is -2.28. The number of aromatic nitrogens is 1. The molecule has 0 saturated heterocycles. The van der Waals surface area contributed by atoms with Crippen LogP contribution in [0.5, 0.6) is 0 Å². The Morgan fingerprint density at radius 3 is 2.65 bits per heavy atom. The third-order valence-corrected chi connectivity index (χ3v) is 4.50. The maximum absolute atomic E-state index is 4.34. The Hall–Kier alpha value is -0.570. The number of hydrogen-bond donors (Lipinski definition) is 1. The van der Waals surface area contributed by atoms with Crippen molar-refractivity contribution >= 4 is 21.7 Å². The molecule has 0 amide bonds. The number of anilines is 1. The van der Waals surface area contributed by atoms with Gasteiger partial charge in [0.1, 0.15) is 5.82 Å². The Kier molecular flexibility index (Phi) is 4.84. The third-order valence-electron chi connectivity index (χ3n) is 3.86. The van der Waals surface area contributed by atoms with Crippen molar-refractivity contribution in [2.45, 2.75) is 39.0 Å². The summed E-state index contributed by atoms with van der Waals surface area (Å²) in [4.78, 5) is 4.34. The van der Waals surface area contributed by atoms with E-state index < -0.39 is 0 Å². The van der Waals surface area contributed by atoms with Gasteiger partial charge in [-0.15, -0.1) is 0 Å². The quantitative estimate of drug-likeness (QED) is 0.886. The zero-order chi connectivity index (χ0) is 12.1. The van der Waals surface area contributed by atoms with E-state index in [0.29, 0.717) is 0 Å². The molecular weight excluding hydrogens is 276 g/mol. The number of nitrogens with zero attached hydrogens (tertiary/aromatic N) is 1. The summed E-state index contributed by atoms with van der Waals surface area (Å²) in [6.07, 6.45) is 8.75. The summed E-state index contributed by atoms with van der Waals surface area (Å²) in [5, 5.41) is 3.46. The van der Waals surface area contributed by atoms with Gasteiger partial charge in [0.05, 0.1) is 4.47 Å². The van der Waals surface area contributed by atoms with Crippen molar-refractivity contribution in [1.82, 2.24) is 4.98 Å². The molecule has 0 aromatic carbocycles. The van der Waals surface area contributed by atoms with Gasteiger partial charge in [-0.3, -0.25) is 0 Å². The topological polar surface area (TPSA) is 24.9 Å². The van der Waals surface area contributed by atoms with Crippen molar-refractivity contribution < 1.29 is 0 Å². The van der Waals surface area contributed by atoms with Crippen LogP contribution in [0.25, 0.3) is 0 Å². The van der Waals surface area contributed by atoms with Gasteiger partial charge in [0.2, 0.25) is 0 Å². The molecule has 2 nitrogen and oxygen atoms in total. The van der Waals surface area contributed by atoms with Gasteiger partial charge >= 0.3 is 0 Å². The Morgan fingerprint density at radius 1 is 1.29 bits per heavy atom. The molecule has 0 aliphatic heterocycles. The molecule has 0 atom stereocenters. The Morgan fingerprint density at radius 2 is 2.00 bits per heavy atom. The summed E-state index contributed by atoms with van der Waals surface area (Å²) < 4.78 is 1.06. The summed E-state index contributed by atoms with van der Waals surface area (Å²) in [6.45, 7) is 3.38. The van der Waals surface area contributed by atoms with Crippen molar-refractivity contribution in [3.63, 3.8) is 0 Å². The van der Waals surface area contributed by atoms with Crippen LogP contribution in [0.15, 0.2) is 22.8 Å². The normalized spacial score (nSPS) is 24.6. The van der Waals surface area contributed by atoms with E-state index in [1.807, 2.05) is 18.3 Å². The van der Waals surface area contributed by atoms with Crippen LogP contribution in [0.2, 0.25) is 0 Å². The van der Waals surface area contributed by atoms with E-state index >= 15 is 0 Å². The van der Waals surface area contributed by atoms with Crippen LogP contribution in [0.1, 0.15) is 39.0 Å². The number of hydrogen-bond acceptors (Lipinski definition) is 2. The lowest BCUT2D eigenvalue weighted by atomic mass is 9.81. The number of pyridine rings is 1. The fourth-order valence-corrected chi connectivity index (χ4v) is 3.00. The molecule has 1 heterocycles. The minimum absolute atomic E-state index is 0.826. The van der Waals surface area contributed by atoms with Crippen molar-refractivity contribution in [3.05, 3.63) is 22.8 Å². The van der Waals surface area contributed by atoms with Crippen LogP contribution in [-0.4, -0.2) is 11.5 Å². The van der Waals surface area contributed by atoms with E-state index in [9.17, 15) is 0 Å². The third kappa shape index (κ3) is 3.70. The van der Waals surface area contributed by atoms with Crippen LogP contribution < -0.4 is 5.32 Å². The highest BCUT2D eigenvalue weighted by atomic mass is 79.9. The van der Waals surface area contributed by atoms with E-state index in [-0.39, 0.29) is 0 Å². The van der Waals surface area contributed by atoms with Crippen LogP contribution in [0, 0.1) is 11.8 Å².